The van der Waals surface area contributed by atoms with Gasteiger partial charge in [-0.3, -0.25) is 5.73 Å². The van der Waals surface area contributed by atoms with Gasteiger partial charge in [0.25, 0.3) is 5.85 Å². The molecule has 0 aromatic carbocycles. The van der Waals surface area contributed by atoms with Gasteiger partial charge in [-0.25, -0.2) is 0 Å². The molecule has 0 radical (unpaired) electrons. The largest absolute Gasteiger partial charge is 0.443 e. The van der Waals surface area contributed by atoms with Gasteiger partial charge in [0.05, 0.1) is 0 Å². The van der Waals surface area contributed by atoms with E-state index < -0.39 is 5.85 Å². The molecule has 3 nitrogen and oxygen atoms in total. The van der Waals surface area contributed by atoms with Crippen molar-refractivity contribution in [3.63, 3.8) is 0 Å². The molecule has 1 atom stereocenters. The number of ether oxygens (including phenoxy) is 1. The van der Waals surface area contributed by atoms with Gasteiger partial charge in [0.2, 0.25) is 0 Å². The first-order chi connectivity index (χ1) is 2.71. The molecule has 0 saturated carbocycles. The first-order valence-electron chi connectivity index (χ1n) is 1.71. The molecule has 0 saturated heterocycles. The van der Waals surface area contributed by atoms with Crippen LogP contribution in [-0.4, -0.2) is 12.2 Å². The Kier molecular flexibility index (Phi) is 0.442. The fourth-order valence-corrected chi connectivity index (χ4v) is 0.219. The second kappa shape index (κ2) is 0.733. The highest BCUT2D eigenvalue weighted by Gasteiger charge is 2.22. The molecule has 0 aromatic heterocycles. The fraction of sp³-hybridized carbons (Fsp3) is 0.667. The summed E-state index contributed by atoms with van der Waals surface area (Å²) in [5.41, 5.74) is 5.20. The Morgan fingerprint density at radius 3 is 2.33 bits per heavy atom. The van der Waals surface area contributed by atoms with Crippen molar-refractivity contribution in [3.8, 4) is 0 Å². The maximum absolute atomic E-state index is 5.20. The lowest BCUT2D eigenvalue weighted by Crippen LogP contribution is -2.43. The van der Waals surface area contributed by atoms with Crippen molar-refractivity contribution in [1.29, 1.82) is 0 Å². The summed E-state index contributed by atoms with van der Waals surface area (Å²) in [5.74, 6) is -0.708. The average Bonchev–Trinajstić information content (AvgIpc) is 1.32. The molecule has 1 rings (SSSR count). The first-order valence-corrected chi connectivity index (χ1v) is 1.71. The molecule has 34 valence electrons. The Labute approximate surface area is 35.8 Å². The second-order valence-electron chi connectivity index (χ2n) is 1.41. The van der Waals surface area contributed by atoms with Crippen LogP contribution in [0.3, 0.4) is 0 Å². The summed E-state index contributed by atoms with van der Waals surface area (Å²) in [4.78, 5) is 3.63. The van der Waals surface area contributed by atoms with E-state index in [4.69, 9.17) is 5.73 Å². The van der Waals surface area contributed by atoms with E-state index in [1.165, 1.54) is 6.40 Å². The minimum absolute atomic E-state index is 0.708. The van der Waals surface area contributed by atoms with E-state index in [0.717, 1.165) is 0 Å². The van der Waals surface area contributed by atoms with Crippen LogP contribution < -0.4 is 5.73 Å². The molecule has 1 aliphatic heterocycles. The SMILES string of the molecule is CC1(N)N=CO1. The van der Waals surface area contributed by atoms with Crippen LogP contribution in [0.2, 0.25) is 0 Å². The topological polar surface area (TPSA) is 47.6 Å². The molecule has 0 aliphatic carbocycles. The van der Waals surface area contributed by atoms with Crippen LogP contribution in [0.1, 0.15) is 6.92 Å². The van der Waals surface area contributed by atoms with Crippen molar-refractivity contribution >= 4 is 6.40 Å². The van der Waals surface area contributed by atoms with Crippen molar-refractivity contribution in [2.75, 3.05) is 0 Å². The molecule has 1 aliphatic rings. The number of nitrogens with zero attached hydrogens (tertiary/aromatic N) is 1. The zero-order chi connectivity index (χ0) is 4.62. The minimum atomic E-state index is -0.708. The third-order valence-electron chi connectivity index (χ3n) is 0.600. The van der Waals surface area contributed by atoms with Crippen molar-refractivity contribution in [3.05, 3.63) is 0 Å². The van der Waals surface area contributed by atoms with Crippen LogP contribution in [0.15, 0.2) is 4.99 Å². The second-order valence-corrected chi connectivity index (χ2v) is 1.41. The summed E-state index contributed by atoms with van der Waals surface area (Å²) in [6, 6.07) is 0. The van der Waals surface area contributed by atoms with Gasteiger partial charge in [-0.1, -0.05) is 0 Å². The number of hydrogen-bond acceptors (Lipinski definition) is 3. The molecule has 0 bridgehead atoms. The molecule has 0 amide bonds. The number of hydrogen-bond donors (Lipinski definition) is 1. The summed E-state index contributed by atoms with van der Waals surface area (Å²) in [7, 11) is 0. The molecule has 3 heteroatoms. The van der Waals surface area contributed by atoms with Gasteiger partial charge in [0, 0.05) is 6.92 Å². The highest BCUT2D eigenvalue weighted by Crippen LogP contribution is 2.07. The van der Waals surface area contributed by atoms with Crippen molar-refractivity contribution in [2.45, 2.75) is 12.8 Å². The van der Waals surface area contributed by atoms with Gasteiger partial charge in [-0.15, -0.1) is 0 Å². The molecule has 6 heavy (non-hydrogen) atoms. The molecule has 0 fully saturated rings. The van der Waals surface area contributed by atoms with Crippen molar-refractivity contribution < 1.29 is 4.74 Å². The Morgan fingerprint density at radius 2 is 2.33 bits per heavy atom. The summed E-state index contributed by atoms with van der Waals surface area (Å²) in [6.45, 7) is 1.69. The van der Waals surface area contributed by atoms with Crippen LogP contribution in [0, 0.1) is 0 Å². The molecule has 2 N–H and O–H groups in total. The van der Waals surface area contributed by atoms with Gasteiger partial charge >= 0.3 is 0 Å². The number of aliphatic imine (C=N–C) groups is 1. The molecule has 1 heterocycles. The normalized spacial score (nSPS) is 41.0. The minimum Gasteiger partial charge on any atom is -0.443 e. The van der Waals surface area contributed by atoms with Crippen molar-refractivity contribution in [2.24, 2.45) is 10.7 Å². The van der Waals surface area contributed by atoms with Gasteiger partial charge in [0.15, 0.2) is 6.40 Å². The maximum Gasteiger partial charge on any atom is 0.256 e. The molecule has 0 spiro atoms. The number of nitrogens with two attached hydrogens (primary N) is 1. The Morgan fingerprint density at radius 1 is 2.00 bits per heavy atom. The molecule has 1 unspecified atom stereocenters. The number of rotatable bonds is 0. The zero-order valence-corrected chi connectivity index (χ0v) is 3.51. The van der Waals surface area contributed by atoms with E-state index in [-0.39, 0.29) is 0 Å². The monoisotopic (exact) mass is 86.0 g/mol. The smallest absolute Gasteiger partial charge is 0.256 e. The van der Waals surface area contributed by atoms with E-state index in [0.29, 0.717) is 0 Å². The van der Waals surface area contributed by atoms with Gasteiger partial charge < -0.3 is 4.74 Å². The van der Waals surface area contributed by atoms with E-state index in [1.807, 2.05) is 0 Å². The predicted molar refractivity (Wildman–Crippen MR) is 22.2 cm³/mol. The first kappa shape index (κ1) is 3.61. The molecule has 0 aromatic rings. The van der Waals surface area contributed by atoms with Crippen LogP contribution in [0.25, 0.3) is 0 Å². The van der Waals surface area contributed by atoms with Gasteiger partial charge in [0.1, 0.15) is 0 Å². The van der Waals surface area contributed by atoms with E-state index in [9.17, 15) is 0 Å². The maximum atomic E-state index is 5.20. The van der Waals surface area contributed by atoms with Gasteiger partial charge in [-0.2, -0.15) is 4.99 Å². The lowest BCUT2D eigenvalue weighted by molar-refractivity contribution is 0.0550. The highest BCUT2D eigenvalue weighted by molar-refractivity contribution is 5.52. The summed E-state index contributed by atoms with van der Waals surface area (Å²) in [6.07, 6.45) is 1.33. The summed E-state index contributed by atoms with van der Waals surface area (Å²) < 4.78 is 4.60. The Balaban J connectivity index is 2.57. The average molecular weight is 86.1 g/mol. The lowest BCUT2D eigenvalue weighted by Gasteiger charge is -2.24. The zero-order valence-electron chi connectivity index (χ0n) is 3.51. The standard InChI is InChI=1S/C3H6N2O/c1-3(4)5-2-6-3/h2H,4H2,1H3. The van der Waals surface area contributed by atoms with Crippen LogP contribution in [0.4, 0.5) is 0 Å². The van der Waals surface area contributed by atoms with Crippen LogP contribution in [-0.2, 0) is 4.74 Å². The quantitative estimate of drug-likeness (QED) is 0.439. The highest BCUT2D eigenvalue weighted by atomic mass is 16.6. The van der Waals surface area contributed by atoms with Crippen LogP contribution in [0.5, 0.6) is 0 Å². The predicted octanol–water partition coefficient (Wildman–Crippen LogP) is -0.323. The summed E-state index contributed by atoms with van der Waals surface area (Å²) in [5, 5.41) is 0. The van der Waals surface area contributed by atoms with Crippen LogP contribution >= 0.6 is 0 Å². The van der Waals surface area contributed by atoms with E-state index >= 15 is 0 Å². The lowest BCUT2D eigenvalue weighted by atomic mass is 10.5. The van der Waals surface area contributed by atoms with E-state index in [1.54, 1.807) is 6.92 Å². The third-order valence-corrected chi connectivity index (χ3v) is 0.600. The summed E-state index contributed by atoms with van der Waals surface area (Å²) >= 11 is 0. The molecular weight excluding hydrogens is 80.0 g/mol. The van der Waals surface area contributed by atoms with E-state index in [2.05, 4.69) is 9.73 Å². The Hall–Kier alpha value is -0.570. The Bertz CT molecular complexity index is 86.8. The fourth-order valence-electron chi connectivity index (χ4n) is 0.219. The third kappa shape index (κ3) is 0.367. The van der Waals surface area contributed by atoms with Crippen molar-refractivity contribution in [1.82, 2.24) is 0 Å². The molecular formula is C3H6N2O. The van der Waals surface area contributed by atoms with Gasteiger partial charge in [-0.05, 0) is 0 Å².